The van der Waals surface area contributed by atoms with E-state index >= 15 is 0 Å². The molecule has 6 heteroatoms. The first-order valence-corrected chi connectivity index (χ1v) is 8.92. The van der Waals surface area contributed by atoms with Crippen molar-refractivity contribution in [2.45, 2.75) is 26.7 Å². The fraction of sp³-hybridized carbons (Fsp3) is 0.474. The molecule has 3 aromatic rings. The summed E-state index contributed by atoms with van der Waals surface area (Å²) in [6, 6.07) is 7.84. The molecule has 25 heavy (non-hydrogen) atoms. The van der Waals surface area contributed by atoms with Crippen LogP contribution in [0.5, 0.6) is 5.75 Å². The first kappa shape index (κ1) is 17.5. The number of methoxy groups -OCH3 is 1. The molecule has 1 aliphatic rings. The third-order valence-corrected chi connectivity index (χ3v) is 4.59. The van der Waals surface area contributed by atoms with Gasteiger partial charge < -0.3 is 9.64 Å². The molecule has 1 aromatic carbocycles. The van der Waals surface area contributed by atoms with Gasteiger partial charge in [-0.1, -0.05) is 13.8 Å². The third kappa shape index (κ3) is 3.38. The quantitative estimate of drug-likeness (QED) is 0.714. The lowest BCUT2D eigenvalue weighted by Crippen LogP contribution is -2.21. The lowest BCUT2D eigenvalue weighted by molar-refractivity contribution is 0.405. The Morgan fingerprint density at radius 3 is 2.84 bits per heavy atom. The highest BCUT2D eigenvalue weighted by atomic mass is 19.1. The van der Waals surface area contributed by atoms with Crippen molar-refractivity contribution in [2.75, 3.05) is 31.8 Å². The molecule has 1 aliphatic heterocycles. The van der Waals surface area contributed by atoms with E-state index in [9.17, 15) is 4.39 Å². The molecule has 0 N–H and O–H groups in total. The van der Waals surface area contributed by atoms with Crippen molar-refractivity contribution in [1.82, 2.24) is 14.4 Å². The standard InChI is InChI=1S/C17H19FN4O.C2H6/c1-23-13-2-3-15-14(10-13)19-17-20-16(6-9-22(15)17)21-8-5-12(11-21)4-7-18;1-2/h2-3,6,9-10,12H,4-5,7-8,11H2,1H3;1-2H3. The number of halogens is 1. The smallest absolute Gasteiger partial charge is 0.236 e. The summed E-state index contributed by atoms with van der Waals surface area (Å²) in [6.07, 6.45) is 3.68. The van der Waals surface area contributed by atoms with E-state index in [2.05, 4.69) is 14.9 Å². The van der Waals surface area contributed by atoms with Gasteiger partial charge in [-0.15, -0.1) is 0 Å². The molecule has 134 valence electrons. The Hall–Kier alpha value is -2.37. The molecule has 0 bridgehead atoms. The van der Waals surface area contributed by atoms with Crippen LogP contribution < -0.4 is 9.64 Å². The zero-order valence-electron chi connectivity index (χ0n) is 15.1. The molecule has 0 saturated carbocycles. The fourth-order valence-corrected chi connectivity index (χ4v) is 3.31. The second kappa shape index (κ2) is 7.68. The Morgan fingerprint density at radius 2 is 2.08 bits per heavy atom. The van der Waals surface area contributed by atoms with Gasteiger partial charge in [0.05, 0.1) is 24.8 Å². The Bertz CT molecular complexity index is 848. The van der Waals surface area contributed by atoms with Crippen molar-refractivity contribution in [3.63, 3.8) is 0 Å². The van der Waals surface area contributed by atoms with E-state index in [1.807, 2.05) is 48.7 Å². The summed E-state index contributed by atoms with van der Waals surface area (Å²) in [4.78, 5) is 11.5. The van der Waals surface area contributed by atoms with Crippen molar-refractivity contribution >= 4 is 22.6 Å². The summed E-state index contributed by atoms with van der Waals surface area (Å²) >= 11 is 0. The summed E-state index contributed by atoms with van der Waals surface area (Å²) in [5, 5.41) is 0. The normalized spacial score (nSPS) is 17.0. The lowest BCUT2D eigenvalue weighted by Gasteiger charge is -2.17. The van der Waals surface area contributed by atoms with Gasteiger partial charge in [0.2, 0.25) is 5.78 Å². The summed E-state index contributed by atoms with van der Waals surface area (Å²) < 4.78 is 19.7. The van der Waals surface area contributed by atoms with Gasteiger partial charge in [-0.2, -0.15) is 4.98 Å². The highest BCUT2D eigenvalue weighted by molar-refractivity contribution is 5.81. The molecule has 1 saturated heterocycles. The number of imidazole rings is 1. The topological polar surface area (TPSA) is 42.7 Å². The minimum absolute atomic E-state index is 0.238. The monoisotopic (exact) mass is 344 g/mol. The maximum atomic E-state index is 12.5. The predicted molar refractivity (Wildman–Crippen MR) is 99.3 cm³/mol. The second-order valence-corrected chi connectivity index (χ2v) is 6.00. The van der Waals surface area contributed by atoms with Crippen LogP contribution in [0.2, 0.25) is 0 Å². The average Bonchev–Trinajstić information content (AvgIpc) is 3.26. The van der Waals surface area contributed by atoms with Crippen molar-refractivity contribution < 1.29 is 9.13 Å². The minimum atomic E-state index is -0.238. The van der Waals surface area contributed by atoms with Crippen molar-refractivity contribution in [3.05, 3.63) is 30.5 Å². The van der Waals surface area contributed by atoms with Crippen molar-refractivity contribution in [2.24, 2.45) is 5.92 Å². The number of aromatic nitrogens is 3. The number of hydrogen-bond acceptors (Lipinski definition) is 4. The number of alkyl halides is 1. The van der Waals surface area contributed by atoms with Crippen LogP contribution in [0.15, 0.2) is 30.5 Å². The van der Waals surface area contributed by atoms with Gasteiger partial charge in [-0.05, 0) is 37.0 Å². The molecule has 2 aromatic heterocycles. The van der Waals surface area contributed by atoms with Crippen LogP contribution in [0.4, 0.5) is 10.2 Å². The summed E-state index contributed by atoms with van der Waals surface area (Å²) in [5.41, 5.74) is 1.88. The molecular formula is C19H25FN4O. The molecule has 0 amide bonds. The summed E-state index contributed by atoms with van der Waals surface area (Å²) in [7, 11) is 1.65. The zero-order chi connectivity index (χ0) is 17.8. The van der Waals surface area contributed by atoms with E-state index < -0.39 is 0 Å². The van der Waals surface area contributed by atoms with Gasteiger partial charge in [-0.25, -0.2) is 4.98 Å². The highest BCUT2D eigenvalue weighted by Crippen LogP contribution is 2.26. The Morgan fingerprint density at radius 1 is 1.24 bits per heavy atom. The van der Waals surface area contributed by atoms with E-state index in [1.54, 1.807) is 7.11 Å². The Kier molecular flexibility index (Phi) is 5.36. The van der Waals surface area contributed by atoms with Gasteiger partial charge in [-0.3, -0.25) is 8.79 Å². The SMILES string of the molecule is CC.COc1ccc2c(c1)nc1nc(N3CCC(CCF)C3)ccn12. The maximum absolute atomic E-state index is 12.5. The summed E-state index contributed by atoms with van der Waals surface area (Å²) in [5.74, 6) is 2.82. The Balaban J connectivity index is 0.000000880. The average molecular weight is 344 g/mol. The van der Waals surface area contributed by atoms with Crippen molar-refractivity contribution in [3.8, 4) is 5.75 Å². The zero-order valence-corrected chi connectivity index (χ0v) is 15.1. The predicted octanol–water partition coefficient (Wildman–Crippen LogP) is 4.10. The highest BCUT2D eigenvalue weighted by Gasteiger charge is 2.23. The van der Waals surface area contributed by atoms with Crippen molar-refractivity contribution in [1.29, 1.82) is 0 Å². The summed E-state index contributed by atoms with van der Waals surface area (Å²) in [6.45, 7) is 5.57. The molecule has 1 fully saturated rings. The number of hydrogen-bond donors (Lipinski definition) is 0. The molecule has 0 spiro atoms. The number of rotatable bonds is 4. The van der Waals surface area contributed by atoms with Crippen LogP contribution in [0.3, 0.4) is 0 Å². The molecular weight excluding hydrogens is 319 g/mol. The first-order valence-electron chi connectivity index (χ1n) is 8.92. The molecule has 0 aliphatic carbocycles. The molecule has 1 atom stereocenters. The lowest BCUT2D eigenvalue weighted by atomic mass is 10.1. The number of anilines is 1. The van der Waals surface area contributed by atoms with E-state index in [4.69, 9.17) is 4.74 Å². The molecule has 1 unspecified atom stereocenters. The molecule has 0 radical (unpaired) electrons. The van der Waals surface area contributed by atoms with E-state index in [0.29, 0.717) is 18.1 Å². The van der Waals surface area contributed by atoms with Gasteiger partial charge in [0.15, 0.2) is 0 Å². The van der Waals surface area contributed by atoms with Crippen LogP contribution in [0, 0.1) is 5.92 Å². The third-order valence-electron chi connectivity index (χ3n) is 4.59. The maximum Gasteiger partial charge on any atom is 0.236 e. The number of benzene rings is 1. The van der Waals surface area contributed by atoms with E-state index in [1.165, 1.54) is 0 Å². The second-order valence-electron chi connectivity index (χ2n) is 6.00. The van der Waals surface area contributed by atoms with Gasteiger partial charge >= 0.3 is 0 Å². The van der Waals surface area contributed by atoms with Gasteiger partial charge in [0.1, 0.15) is 11.6 Å². The Labute approximate surface area is 147 Å². The van der Waals surface area contributed by atoms with Crippen LogP contribution >= 0.6 is 0 Å². The number of ether oxygens (including phenoxy) is 1. The molecule has 3 heterocycles. The fourth-order valence-electron chi connectivity index (χ4n) is 3.31. The number of nitrogens with zero attached hydrogens (tertiary/aromatic N) is 4. The van der Waals surface area contributed by atoms with Crippen LogP contribution in [0.25, 0.3) is 16.8 Å². The van der Waals surface area contributed by atoms with E-state index in [-0.39, 0.29) is 6.67 Å². The first-order chi connectivity index (χ1) is 12.3. The molecule has 4 rings (SSSR count). The van der Waals surface area contributed by atoms with Crippen LogP contribution in [0.1, 0.15) is 26.7 Å². The molecule has 5 nitrogen and oxygen atoms in total. The van der Waals surface area contributed by atoms with Crippen LogP contribution in [-0.2, 0) is 0 Å². The van der Waals surface area contributed by atoms with Crippen LogP contribution in [-0.4, -0.2) is 41.2 Å². The van der Waals surface area contributed by atoms with Gasteiger partial charge in [0.25, 0.3) is 0 Å². The minimum Gasteiger partial charge on any atom is -0.497 e. The largest absolute Gasteiger partial charge is 0.497 e. The van der Waals surface area contributed by atoms with E-state index in [0.717, 1.165) is 42.1 Å². The number of fused-ring (bicyclic) bond motifs is 3. The van der Waals surface area contributed by atoms with Gasteiger partial charge in [0, 0.05) is 25.4 Å².